The molecule has 0 aromatic carbocycles. The van der Waals surface area contributed by atoms with Gasteiger partial charge in [-0.3, -0.25) is 0 Å². The summed E-state index contributed by atoms with van der Waals surface area (Å²) in [5.41, 5.74) is 0. The van der Waals surface area contributed by atoms with Crippen LogP contribution in [0, 0.1) is 0 Å². The zero-order valence-corrected chi connectivity index (χ0v) is 4.22. The summed E-state index contributed by atoms with van der Waals surface area (Å²) in [4.78, 5) is 0. The Labute approximate surface area is 41.1 Å². The van der Waals surface area contributed by atoms with Crippen LogP contribution in [0.25, 0.3) is 0 Å². The summed E-state index contributed by atoms with van der Waals surface area (Å²) in [7, 11) is 0. The largest absolute Gasteiger partial charge is 0.463 e. The van der Waals surface area contributed by atoms with Crippen LogP contribution in [0.2, 0.25) is 0 Å². The van der Waals surface area contributed by atoms with Gasteiger partial charge in [-0.1, -0.05) is 0 Å². The maximum atomic E-state index is 11.2. The van der Waals surface area contributed by atoms with Gasteiger partial charge < -0.3 is 4.74 Å². The average molecular weight is 108 g/mol. The summed E-state index contributed by atoms with van der Waals surface area (Å²) in [6, 6.07) is 0. The number of hydrogen-bond donors (Lipinski definition) is 0. The Bertz CT molecular complexity index is 54.8. The minimum atomic E-state index is -0.877. The lowest BCUT2D eigenvalue weighted by molar-refractivity contribution is 0.295. The van der Waals surface area contributed by atoms with Gasteiger partial charge in [-0.15, -0.1) is 0 Å². The molecule has 0 aliphatic carbocycles. The van der Waals surface area contributed by atoms with Gasteiger partial charge in [0, 0.05) is 0 Å². The highest BCUT2D eigenvalue weighted by molar-refractivity contribution is 7.79. The molecule has 0 rings (SSSR count). The Morgan fingerprint density at radius 1 is 2.00 bits per heavy atom. The molecule has 0 saturated carbocycles. The van der Waals surface area contributed by atoms with Crippen LogP contribution < -0.4 is 0 Å². The quantitative estimate of drug-likeness (QED) is 0.369. The van der Waals surface area contributed by atoms with Crippen LogP contribution in [0.5, 0.6) is 0 Å². The molecule has 0 aromatic heterocycles. The molecule has 36 valence electrons. The Morgan fingerprint density at radius 2 is 2.50 bits per heavy atom. The summed E-state index contributed by atoms with van der Waals surface area (Å²) in [5, 5.41) is -0.877. The third kappa shape index (κ3) is 3.82. The number of rotatable bonds is 1. The van der Waals surface area contributed by atoms with E-state index in [4.69, 9.17) is 0 Å². The molecule has 0 atom stereocenters. The molecule has 0 unspecified atom stereocenters. The molecule has 0 spiro atoms. The Morgan fingerprint density at radius 3 is 2.50 bits per heavy atom. The number of ether oxygens (including phenoxy) is 1. The van der Waals surface area contributed by atoms with Crippen molar-refractivity contribution >= 4 is 17.5 Å². The molecule has 0 saturated heterocycles. The summed E-state index contributed by atoms with van der Waals surface area (Å²) in [5.74, 6) is 0. The van der Waals surface area contributed by atoms with Gasteiger partial charge in [0.25, 0.3) is 0 Å². The lowest BCUT2D eigenvalue weighted by atomic mass is 10.9. The van der Waals surface area contributed by atoms with Gasteiger partial charge in [0.1, 0.15) is 0 Å². The Kier molecular flexibility index (Phi) is 2.94. The van der Waals surface area contributed by atoms with Crippen LogP contribution >= 0.6 is 12.2 Å². The molecular weight excluding hydrogens is 103 g/mol. The summed E-state index contributed by atoms with van der Waals surface area (Å²) < 4.78 is 15.3. The smallest absolute Gasteiger partial charge is 0.342 e. The average Bonchev–Trinajstić information content (AvgIpc) is 1.35. The van der Waals surface area contributed by atoms with Gasteiger partial charge in [0.2, 0.25) is 0 Å². The third-order valence-electron chi connectivity index (χ3n) is 0.258. The van der Waals surface area contributed by atoms with E-state index in [0.717, 1.165) is 0 Å². The number of halogens is 1. The monoisotopic (exact) mass is 108 g/mol. The zero-order valence-electron chi connectivity index (χ0n) is 3.40. The number of thiocarbonyl (C=S) groups is 1. The summed E-state index contributed by atoms with van der Waals surface area (Å²) in [6.07, 6.45) is 0. The molecule has 0 aromatic rings. The van der Waals surface area contributed by atoms with Crippen molar-refractivity contribution in [3.05, 3.63) is 0 Å². The molecule has 6 heavy (non-hydrogen) atoms. The van der Waals surface area contributed by atoms with Crippen LogP contribution in [0.3, 0.4) is 0 Å². The summed E-state index contributed by atoms with van der Waals surface area (Å²) >= 11 is 3.91. The van der Waals surface area contributed by atoms with Crippen molar-refractivity contribution < 1.29 is 9.13 Å². The SMILES string of the molecule is CCOC(F)=S. The maximum Gasteiger partial charge on any atom is 0.342 e. The topological polar surface area (TPSA) is 9.23 Å². The summed E-state index contributed by atoms with van der Waals surface area (Å²) in [6.45, 7) is 1.99. The van der Waals surface area contributed by atoms with Crippen LogP contribution in [-0.2, 0) is 4.74 Å². The second-order valence-corrected chi connectivity index (χ2v) is 0.992. The van der Waals surface area contributed by atoms with E-state index in [1.807, 2.05) is 0 Å². The Balaban J connectivity index is 2.83. The van der Waals surface area contributed by atoms with Crippen molar-refractivity contribution in [2.75, 3.05) is 6.61 Å². The van der Waals surface area contributed by atoms with E-state index in [9.17, 15) is 4.39 Å². The molecular formula is C3H5FOS. The van der Waals surface area contributed by atoms with Crippen molar-refractivity contribution in [1.29, 1.82) is 0 Å². The highest BCUT2D eigenvalue weighted by atomic mass is 32.1. The molecule has 0 N–H and O–H groups in total. The minimum Gasteiger partial charge on any atom is -0.463 e. The van der Waals surface area contributed by atoms with E-state index >= 15 is 0 Å². The molecule has 0 amide bonds. The van der Waals surface area contributed by atoms with Crippen molar-refractivity contribution in [3.63, 3.8) is 0 Å². The van der Waals surface area contributed by atoms with Crippen molar-refractivity contribution in [1.82, 2.24) is 0 Å². The first kappa shape index (κ1) is 5.82. The van der Waals surface area contributed by atoms with Crippen molar-refractivity contribution in [2.24, 2.45) is 0 Å². The molecule has 3 heteroatoms. The molecule has 0 aliphatic rings. The van der Waals surface area contributed by atoms with E-state index in [1.165, 1.54) is 0 Å². The first-order valence-electron chi connectivity index (χ1n) is 1.59. The molecule has 0 radical (unpaired) electrons. The van der Waals surface area contributed by atoms with Crippen LogP contribution in [0.1, 0.15) is 6.92 Å². The van der Waals surface area contributed by atoms with Gasteiger partial charge in [0.05, 0.1) is 6.61 Å². The third-order valence-corrected chi connectivity index (χ3v) is 0.376. The lowest BCUT2D eigenvalue weighted by Crippen LogP contribution is -1.90. The fourth-order valence-corrected chi connectivity index (χ4v) is 0.231. The highest BCUT2D eigenvalue weighted by Crippen LogP contribution is 1.79. The standard InChI is InChI=1S/C3H5FOS/c1-2-5-3(4)6/h2H2,1H3. The normalized spacial score (nSPS) is 7.67. The van der Waals surface area contributed by atoms with Crippen LogP contribution in [0.15, 0.2) is 0 Å². The van der Waals surface area contributed by atoms with Crippen LogP contribution in [-0.4, -0.2) is 11.9 Å². The van der Waals surface area contributed by atoms with Gasteiger partial charge in [0.15, 0.2) is 0 Å². The fraction of sp³-hybridized carbons (Fsp3) is 0.667. The zero-order chi connectivity index (χ0) is 4.99. The first-order chi connectivity index (χ1) is 2.77. The van der Waals surface area contributed by atoms with E-state index in [-0.39, 0.29) is 0 Å². The lowest BCUT2D eigenvalue weighted by Gasteiger charge is -1.88. The fourth-order valence-electron chi connectivity index (χ4n) is 0.113. The molecule has 0 heterocycles. The molecule has 1 nitrogen and oxygen atoms in total. The first-order valence-corrected chi connectivity index (χ1v) is 2.00. The van der Waals surface area contributed by atoms with E-state index in [0.29, 0.717) is 6.61 Å². The van der Waals surface area contributed by atoms with Gasteiger partial charge in [-0.2, -0.15) is 4.39 Å². The predicted molar refractivity (Wildman–Crippen MR) is 25.3 cm³/mol. The van der Waals surface area contributed by atoms with Gasteiger partial charge >= 0.3 is 5.30 Å². The maximum absolute atomic E-state index is 11.2. The van der Waals surface area contributed by atoms with E-state index in [2.05, 4.69) is 17.0 Å². The van der Waals surface area contributed by atoms with Gasteiger partial charge in [-0.05, 0) is 19.1 Å². The van der Waals surface area contributed by atoms with Gasteiger partial charge in [-0.25, -0.2) is 0 Å². The minimum absolute atomic E-state index is 0.315. The van der Waals surface area contributed by atoms with Crippen LogP contribution in [0.4, 0.5) is 4.39 Å². The second kappa shape index (κ2) is 3.03. The van der Waals surface area contributed by atoms with Crippen molar-refractivity contribution in [2.45, 2.75) is 6.92 Å². The number of hydrogen-bond acceptors (Lipinski definition) is 2. The Hall–Kier alpha value is -0.180. The van der Waals surface area contributed by atoms with Crippen molar-refractivity contribution in [3.8, 4) is 0 Å². The second-order valence-electron chi connectivity index (χ2n) is 0.671. The van der Waals surface area contributed by atoms with E-state index in [1.54, 1.807) is 6.92 Å². The molecule has 0 bridgehead atoms. The van der Waals surface area contributed by atoms with E-state index < -0.39 is 5.30 Å². The highest BCUT2D eigenvalue weighted by Gasteiger charge is 1.82. The predicted octanol–water partition coefficient (Wildman–Crippen LogP) is 1.28. The molecule has 0 aliphatic heterocycles. The molecule has 0 fully saturated rings.